The molecular weight excluding hydrogens is 541 g/mol. The van der Waals surface area contributed by atoms with Gasteiger partial charge in [0.1, 0.15) is 17.6 Å². The Hall–Kier alpha value is -4.48. The monoisotopic (exact) mass is 569 g/mol. The molecule has 6 rings (SSSR count). The second kappa shape index (κ2) is 10.2. The Morgan fingerprint density at radius 1 is 1.12 bits per heavy atom. The summed E-state index contributed by atoms with van der Waals surface area (Å²) in [6, 6.07) is 11.2. The number of imidazole rings is 1. The number of aliphatic hydroxyl groups excluding tert-OH is 1. The number of rotatable bonds is 7. The van der Waals surface area contributed by atoms with Gasteiger partial charge in [0.05, 0.1) is 44.9 Å². The van der Waals surface area contributed by atoms with E-state index in [1.54, 1.807) is 19.2 Å². The number of ketones is 1. The van der Waals surface area contributed by atoms with Crippen molar-refractivity contribution in [3.05, 3.63) is 65.7 Å². The van der Waals surface area contributed by atoms with Gasteiger partial charge in [0.15, 0.2) is 17.4 Å². The van der Waals surface area contributed by atoms with Crippen LogP contribution in [0.4, 0.5) is 10.1 Å². The first-order chi connectivity index (χ1) is 19.6. The van der Waals surface area contributed by atoms with E-state index in [1.165, 1.54) is 23.7 Å². The third-order valence-electron chi connectivity index (χ3n) is 6.65. The molecule has 0 aliphatic rings. The number of H-pyrrole nitrogens is 2. The molecule has 1 unspecified atom stereocenters. The topological polar surface area (TPSA) is 132 Å². The summed E-state index contributed by atoms with van der Waals surface area (Å²) in [6.07, 6.45) is 4.38. The predicted octanol–water partition coefficient (Wildman–Crippen LogP) is 6.80. The van der Waals surface area contributed by atoms with Crippen LogP contribution in [0, 0.1) is 11.2 Å². The molecule has 0 amide bonds. The molecule has 0 aliphatic carbocycles. The summed E-state index contributed by atoms with van der Waals surface area (Å²) in [4.78, 5) is 30.1. The first-order valence-electron chi connectivity index (χ1n) is 13.1. The number of nitrogens with zero attached hydrogens (tertiary/aromatic N) is 4. The minimum Gasteiger partial charge on any atom is -0.374 e. The normalized spacial score (nSPS) is 12.7. The number of benzene rings is 1. The van der Waals surface area contributed by atoms with Crippen LogP contribution in [-0.4, -0.2) is 47.3 Å². The number of pyridine rings is 2. The van der Waals surface area contributed by atoms with Crippen molar-refractivity contribution >= 4 is 44.7 Å². The zero-order valence-electron chi connectivity index (χ0n) is 22.9. The molecule has 11 heteroatoms. The molecule has 0 radical (unpaired) electrons. The van der Waals surface area contributed by atoms with Gasteiger partial charge >= 0.3 is 0 Å². The summed E-state index contributed by atoms with van der Waals surface area (Å²) >= 11 is 1.41. The summed E-state index contributed by atoms with van der Waals surface area (Å²) in [7, 11) is 0. The predicted molar refractivity (Wildman–Crippen MR) is 159 cm³/mol. The van der Waals surface area contributed by atoms with Crippen LogP contribution in [0.5, 0.6) is 0 Å². The van der Waals surface area contributed by atoms with Crippen LogP contribution in [0.2, 0.25) is 0 Å². The highest BCUT2D eigenvalue weighted by molar-refractivity contribution is 7.17. The maximum Gasteiger partial charge on any atom is 0.169 e. The molecule has 5 heterocycles. The molecule has 208 valence electrons. The van der Waals surface area contributed by atoms with E-state index in [9.17, 15) is 9.90 Å². The highest BCUT2D eigenvalue weighted by Gasteiger charge is 2.22. The molecule has 0 aliphatic heterocycles. The number of para-hydroxylation sites is 1. The zero-order valence-corrected chi connectivity index (χ0v) is 23.7. The van der Waals surface area contributed by atoms with Gasteiger partial charge in [0.2, 0.25) is 0 Å². The first-order valence-corrected chi connectivity index (χ1v) is 13.9. The van der Waals surface area contributed by atoms with Crippen molar-refractivity contribution in [2.45, 2.75) is 40.3 Å². The minimum atomic E-state index is -0.783. The van der Waals surface area contributed by atoms with Gasteiger partial charge < -0.3 is 15.4 Å². The average molecular weight is 570 g/mol. The van der Waals surface area contributed by atoms with Crippen molar-refractivity contribution in [3.8, 4) is 33.2 Å². The molecule has 0 fully saturated rings. The quantitative estimate of drug-likeness (QED) is 0.123. The molecule has 1 atom stereocenters. The number of hydrogen-bond acceptors (Lipinski definition) is 8. The standard InChI is InChI=1S/C30H28FN7O2S/c1-15(39)21-8-9-22(41-21)18-6-5-7-19-27(18)36-29(35-19)28-24-20(37-38-28)14-33-26(25(24)31)16-10-17(13-32-12-16)34-23(40)11-30(2,3)4/h5-10,12-14,23,34,40H,11H2,1-4H3,(H,35,36)(H,37,38). The lowest BCUT2D eigenvalue weighted by Crippen LogP contribution is -2.25. The van der Waals surface area contributed by atoms with Gasteiger partial charge in [-0.05, 0) is 43.0 Å². The second-order valence-electron chi connectivity index (χ2n) is 11.2. The fraction of sp³-hybridized carbons (Fsp3) is 0.233. The molecule has 4 N–H and O–H groups in total. The molecule has 41 heavy (non-hydrogen) atoms. The van der Waals surface area contributed by atoms with Crippen LogP contribution >= 0.6 is 11.3 Å². The molecule has 0 saturated heterocycles. The maximum absolute atomic E-state index is 16.1. The molecular formula is C30H28FN7O2S. The summed E-state index contributed by atoms with van der Waals surface area (Å²) in [5.41, 5.74) is 4.11. The van der Waals surface area contributed by atoms with Crippen LogP contribution in [0.3, 0.4) is 0 Å². The molecule has 9 nitrogen and oxygen atoms in total. The van der Waals surface area contributed by atoms with Crippen molar-refractivity contribution in [1.82, 2.24) is 30.1 Å². The number of aromatic amines is 2. The SMILES string of the molecule is CC(=O)c1ccc(-c2cccc3[nH]c(-c4n[nH]c5cnc(-c6cncc(NC(O)CC(C)(C)C)c6)c(F)c45)nc23)s1. The Labute approximate surface area is 238 Å². The van der Waals surface area contributed by atoms with Crippen LogP contribution in [-0.2, 0) is 0 Å². The van der Waals surface area contributed by atoms with Crippen molar-refractivity contribution in [2.24, 2.45) is 5.41 Å². The minimum absolute atomic E-state index is 0.0108. The number of anilines is 1. The molecule has 0 spiro atoms. The van der Waals surface area contributed by atoms with Gasteiger partial charge in [-0.15, -0.1) is 11.3 Å². The van der Waals surface area contributed by atoms with Crippen molar-refractivity contribution in [3.63, 3.8) is 0 Å². The van der Waals surface area contributed by atoms with E-state index in [2.05, 4.69) is 30.5 Å². The fourth-order valence-electron chi connectivity index (χ4n) is 4.83. The van der Waals surface area contributed by atoms with Crippen LogP contribution in [0.25, 0.3) is 55.2 Å². The lowest BCUT2D eigenvalue weighted by molar-refractivity contribution is 0.102. The second-order valence-corrected chi connectivity index (χ2v) is 12.3. The molecule has 0 bridgehead atoms. The highest BCUT2D eigenvalue weighted by Crippen LogP contribution is 2.36. The lowest BCUT2D eigenvalue weighted by Gasteiger charge is -2.23. The Balaban J connectivity index is 1.39. The number of aromatic nitrogens is 6. The van der Waals surface area contributed by atoms with Crippen molar-refractivity contribution in [1.29, 1.82) is 0 Å². The van der Waals surface area contributed by atoms with E-state index in [0.29, 0.717) is 45.1 Å². The van der Waals surface area contributed by atoms with E-state index in [4.69, 9.17) is 4.98 Å². The van der Waals surface area contributed by atoms with E-state index < -0.39 is 12.0 Å². The largest absolute Gasteiger partial charge is 0.374 e. The Bertz CT molecular complexity index is 1920. The number of nitrogens with one attached hydrogen (secondary N) is 3. The molecule has 5 aromatic heterocycles. The summed E-state index contributed by atoms with van der Waals surface area (Å²) in [5, 5.41) is 21.0. The maximum atomic E-state index is 16.1. The number of aliphatic hydroxyl groups is 1. The fourth-order valence-corrected chi connectivity index (χ4v) is 5.76. The third kappa shape index (κ3) is 5.21. The van der Waals surface area contributed by atoms with E-state index in [-0.39, 0.29) is 22.3 Å². The molecule has 0 saturated carbocycles. The van der Waals surface area contributed by atoms with Crippen LogP contribution in [0.1, 0.15) is 43.8 Å². The first kappa shape index (κ1) is 26.7. The summed E-state index contributed by atoms with van der Waals surface area (Å²) < 4.78 is 16.1. The number of hydrogen-bond donors (Lipinski definition) is 4. The van der Waals surface area contributed by atoms with Crippen molar-refractivity contribution < 1.29 is 14.3 Å². The van der Waals surface area contributed by atoms with E-state index >= 15 is 4.39 Å². The molecule has 6 aromatic rings. The molecule has 1 aromatic carbocycles. The van der Waals surface area contributed by atoms with Gasteiger partial charge in [-0.25, -0.2) is 9.37 Å². The average Bonchev–Trinajstić information content (AvgIpc) is 3.65. The van der Waals surface area contributed by atoms with Crippen molar-refractivity contribution in [2.75, 3.05) is 5.32 Å². The summed E-state index contributed by atoms with van der Waals surface area (Å²) in [5.74, 6) is -0.154. The van der Waals surface area contributed by atoms with Gasteiger partial charge in [0, 0.05) is 22.2 Å². The summed E-state index contributed by atoms with van der Waals surface area (Å²) in [6.45, 7) is 7.67. The van der Waals surface area contributed by atoms with Gasteiger partial charge in [0.25, 0.3) is 0 Å². The van der Waals surface area contributed by atoms with Crippen LogP contribution < -0.4 is 5.32 Å². The Kier molecular flexibility index (Phi) is 6.63. The van der Waals surface area contributed by atoms with Gasteiger partial charge in [-0.1, -0.05) is 32.9 Å². The number of halogens is 1. The zero-order chi connectivity index (χ0) is 28.9. The lowest BCUT2D eigenvalue weighted by atomic mass is 9.91. The number of carbonyl (C=O) groups excluding carboxylic acids is 1. The Morgan fingerprint density at radius 2 is 1.95 bits per heavy atom. The van der Waals surface area contributed by atoms with E-state index in [0.717, 1.165) is 16.0 Å². The third-order valence-corrected chi connectivity index (χ3v) is 7.87. The van der Waals surface area contributed by atoms with E-state index in [1.807, 2.05) is 51.1 Å². The number of fused-ring (bicyclic) bond motifs is 2. The number of Topliss-reactive ketones (excluding diaryl/α,β-unsaturated/α-hetero) is 1. The smallest absolute Gasteiger partial charge is 0.169 e. The van der Waals surface area contributed by atoms with Gasteiger partial charge in [-0.3, -0.25) is 19.9 Å². The number of carbonyl (C=O) groups is 1. The Morgan fingerprint density at radius 3 is 2.71 bits per heavy atom. The van der Waals surface area contributed by atoms with Crippen LogP contribution in [0.15, 0.2) is 55.0 Å². The highest BCUT2D eigenvalue weighted by atomic mass is 32.1. The number of thiophene rings is 1. The van der Waals surface area contributed by atoms with Gasteiger partial charge in [-0.2, -0.15) is 5.10 Å².